The van der Waals surface area contributed by atoms with Gasteiger partial charge in [-0.3, -0.25) is 20.1 Å². The lowest BCUT2D eigenvalue weighted by Gasteiger charge is -1.96. The van der Waals surface area contributed by atoms with E-state index in [0.717, 1.165) is 6.08 Å². The summed E-state index contributed by atoms with van der Waals surface area (Å²) >= 11 is 0. The predicted molar refractivity (Wildman–Crippen MR) is 69.8 cm³/mol. The van der Waals surface area contributed by atoms with Crippen LogP contribution in [0.1, 0.15) is 5.76 Å². The van der Waals surface area contributed by atoms with Gasteiger partial charge in [-0.05, 0) is 30.3 Å². The summed E-state index contributed by atoms with van der Waals surface area (Å²) < 4.78 is 5.45. The Morgan fingerprint density at radius 1 is 1.25 bits per heavy atom. The number of nitro groups is 1. The fourth-order valence-electron chi connectivity index (χ4n) is 1.54. The van der Waals surface area contributed by atoms with E-state index in [1.807, 2.05) is 0 Å². The highest BCUT2D eigenvalue weighted by Crippen LogP contribution is 2.24. The molecule has 102 valence electrons. The van der Waals surface area contributed by atoms with Crippen molar-refractivity contribution in [2.24, 2.45) is 0 Å². The Balaban J connectivity index is 2.18. The minimum atomic E-state index is -0.668. The zero-order chi connectivity index (χ0) is 14.5. The smallest absolute Gasteiger partial charge is 0.269 e. The number of hydrogen-bond donors (Lipinski definition) is 2. The third kappa shape index (κ3) is 3.09. The van der Waals surface area contributed by atoms with Crippen LogP contribution in [0.3, 0.4) is 0 Å². The number of hydrogen-bond acceptors (Lipinski definition) is 5. The van der Waals surface area contributed by atoms with Gasteiger partial charge in [0.25, 0.3) is 11.6 Å². The molecule has 2 aromatic rings. The number of rotatable bonds is 4. The monoisotopic (exact) mass is 274 g/mol. The first-order chi connectivity index (χ1) is 9.60. The van der Waals surface area contributed by atoms with Gasteiger partial charge in [0.05, 0.1) is 4.92 Å². The lowest BCUT2D eigenvalue weighted by molar-refractivity contribution is -0.384. The van der Waals surface area contributed by atoms with Crippen LogP contribution in [0.4, 0.5) is 5.69 Å². The van der Waals surface area contributed by atoms with Crippen LogP contribution >= 0.6 is 0 Å². The zero-order valence-corrected chi connectivity index (χ0v) is 10.1. The van der Waals surface area contributed by atoms with Crippen molar-refractivity contribution >= 4 is 17.7 Å². The van der Waals surface area contributed by atoms with Gasteiger partial charge in [0.1, 0.15) is 11.5 Å². The van der Waals surface area contributed by atoms with Crippen molar-refractivity contribution in [2.45, 2.75) is 0 Å². The van der Waals surface area contributed by atoms with Crippen LogP contribution in [0.15, 0.2) is 46.9 Å². The van der Waals surface area contributed by atoms with Crippen LogP contribution in [0.25, 0.3) is 17.4 Å². The zero-order valence-electron chi connectivity index (χ0n) is 10.1. The van der Waals surface area contributed by atoms with Crippen LogP contribution in [-0.2, 0) is 4.79 Å². The van der Waals surface area contributed by atoms with Gasteiger partial charge in [0.2, 0.25) is 0 Å². The molecule has 0 spiro atoms. The van der Waals surface area contributed by atoms with E-state index in [-0.39, 0.29) is 5.69 Å². The minimum absolute atomic E-state index is 0.0000392. The lowest BCUT2D eigenvalue weighted by atomic mass is 10.1. The predicted octanol–water partition coefficient (Wildman–Crippen LogP) is 2.37. The molecule has 0 fully saturated rings. The third-order valence-corrected chi connectivity index (χ3v) is 2.50. The molecule has 0 radical (unpaired) electrons. The van der Waals surface area contributed by atoms with Crippen molar-refractivity contribution in [2.75, 3.05) is 0 Å². The number of furan rings is 1. The van der Waals surface area contributed by atoms with E-state index in [2.05, 4.69) is 0 Å². The maximum Gasteiger partial charge on any atom is 0.269 e. The van der Waals surface area contributed by atoms with E-state index in [1.165, 1.54) is 23.7 Å². The Hall–Kier alpha value is -2.93. The quantitative estimate of drug-likeness (QED) is 0.385. The average molecular weight is 274 g/mol. The van der Waals surface area contributed by atoms with Crippen molar-refractivity contribution in [1.29, 1.82) is 0 Å². The number of carbonyl (C=O) groups excluding carboxylic acids is 1. The van der Waals surface area contributed by atoms with Gasteiger partial charge in [-0.25, -0.2) is 5.48 Å². The molecule has 1 amide bonds. The molecule has 0 aliphatic rings. The molecule has 20 heavy (non-hydrogen) atoms. The summed E-state index contributed by atoms with van der Waals surface area (Å²) in [7, 11) is 0. The van der Waals surface area contributed by atoms with Gasteiger partial charge < -0.3 is 4.42 Å². The van der Waals surface area contributed by atoms with Gasteiger partial charge in [-0.15, -0.1) is 0 Å². The van der Waals surface area contributed by atoms with E-state index in [9.17, 15) is 14.9 Å². The highest BCUT2D eigenvalue weighted by atomic mass is 16.6. The van der Waals surface area contributed by atoms with Crippen LogP contribution in [0.5, 0.6) is 0 Å². The highest BCUT2D eigenvalue weighted by molar-refractivity contribution is 5.90. The van der Waals surface area contributed by atoms with Gasteiger partial charge in [0.15, 0.2) is 0 Å². The molecular formula is C13H10N2O5. The van der Waals surface area contributed by atoms with E-state index in [1.54, 1.807) is 24.3 Å². The summed E-state index contributed by atoms with van der Waals surface area (Å²) in [4.78, 5) is 20.9. The van der Waals surface area contributed by atoms with E-state index in [0.29, 0.717) is 17.1 Å². The Bertz CT molecular complexity index is 658. The second-order valence-electron chi connectivity index (χ2n) is 3.82. The molecule has 0 atom stereocenters. The standard InChI is InChI=1S/C13H10N2O5/c16-13(14-17)8-6-11-5-7-12(20-11)9-1-3-10(4-2-9)15(18)19/h1-8,17H,(H,14,16). The largest absolute Gasteiger partial charge is 0.457 e. The molecule has 0 saturated heterocycles. The molecule has 2 N–H and O–H groups in total. The van der Waals surface area contributed by atoms with Crippen LogP contribution in [0, 0.1) is 10.1 Å². The summed E-state index contributed by atoms with van der Waals surface area (Å²) in [5.41, 5.74) is 2.14. The Kier molecular flexibility index (Phi) is 3.92. The average Bonchev–Trinajstić information content (AvgIpc) is 2.93. The highest BCUT2D eigenvalue weighted by Gasteiger charge is 2.07. The minimum Gasteiger partial charge on any atom is -0.457 e. The lowest BCUT2D eigenvalue weighted by Crippen LogP contribution is -2.14. The summed E-state index contributed by atoms with van der Waals surface area (Å²) in [5.74, 6) is 0.268. The molecule has 0 aliphatic carbocycles. The molecular weight excluding hydrogens is 264 g/mol. The molecule has 1 heterocycles. The number of nitrogens with one attached hydrogen (secondary N) is 1. The molecule has 0 aliphatic heterocycles. The Morgan fingerprint density at radius 3 is 2.55 bits per heavy atom. The van der Waals surface area contributed by atoms with E-state index >= 15 is 0 Å². The Morgan fingerprint density at radius 2 is 1.95 bits per heavy atom. The van der Waals surface area contributed by atoms with Crippen LogP contribution in [0.2, 0.25) is 0 Å². The number of hydroxylamine groups is 1. The van der Waals surface area contributed by atoms with Crippen LogP contribution < -0.4 is 5.48 Å². The normalized spacial score (nSPS) is 10.7. The number of non-ortho nitro benzene ring substituents is 1. The maximum atomic E-state index is 10.8. The topological polar surface area (TPSA) is 106 Å². The van der Waals surface area contributed by atoms with Gasteiger partial charge in [-0.1, -0.05) is 0 Å². The summed E-state index contributed by atoms with van der Waals surface area (Å²) in [6.45, 7) is 0. The van der Waals surface area contributed by atoms with E-state index < -0.39 is 10.8 Å². The SMILES string of the molecule is O=C(C=Cc1ccc(-c2ccc([N+](=O)[O-])cc2)o1)NO. The van der Waals surface area contributed by atoms with Crippen LogP contribution in [-0.4, -0.2) is 16.0 Å². The van der Waals surface area contributed by atoms with Gasteiger partial charge in [-0.2, -0.15) is 0 Å². The molecule has 1 aromatic carbocycles. The molecule has 0 bridgehead atoms. The second-order valence-corrected chi connectivity index (χ2v) is 3.82. The molecule has 7 heteroatoms. The van der Waals surface area contributed by atoms with Crippen molar-refractivity contribution in [3.63, 3.8) is 0 Å². The fraction of sp³-hybridized carbons (Fsp3) is 0. The summed E-state index contributed by atoms with van der Waals surface area (Å²) in [6.07, 6.45) is 2.50. The molecule has 0 unspecified atom stereocenters. The number of amides is 1. The Labute approximate surface area is 113 Å². The molecule has 2 rings (SSSR count). The first kappa shape index (κ1) is 13.5. The number of benzene rings is 1. The second kappa shape index (κ2) is 5.81. The van der Waals surface area contributed by atoms with Gasteiger partial charge in [0, 0.05) is 23.8 Å². The summed E-state index contributed by atoms with van der Waals surface area (Å²) in [5, 5.41) is 18.9. The van der Waals surface area contributed by atoms with Crippen molar-refractivity contribution in [3.8, 4) is 11.3 Å². The molecule has 1 aromatic heterocycles. The first-order valence-corrected chi connectivity index (χ1v) is 5.57. The van der Waals surface area contributed by atoms with Crippen molar-refractivity contribution < 1.29 is 19.3 Å². The fourth-order valence-corrected chi connectivity index (χ4v) is 1.54. The maximum absolute atomic E-state index is 10.8. The van der Waals surface area contributed by atoms with Crippen molar-refractivity contribution in [3.05, 3.63) is 58.3 Å². The number of nitro benzene ring substituents is 1. The van der Waals surface area contributed by atoms with E-state index in [4.69, 9.17) is 9.62 Å². The molecule has 0 saturated carbocycles. The molecule has 7 nitrogen and oxygen atoms in total. The first-order valence-electron chi connectivity index (χ1n) is 5.57. The van der Waals surface area contributed by atoms with Crippen molar-refractivity contribution in [1.82, 2.24) is 5.48 Å². The number of carbonyl (C=O) groups is 1. The summed E-state index contributed by atoms with van der Waals surface area (Å²) in [6, 6.07) is 9.23. The van der Waals surface area contributed by atoms with Gasteiger partial charge >= 0.3 is 0 Å². The third-order valence-electron chi connectivity index (χ3n) is 2.50. The number of nitrogens with zero attached hydrogens (tertiary/aromatic N) is 1.